The van der Waals surface area contributed by atoms with Gasteiger partial charge in [0.25, 0.3) is 0 Å². The topological polar surface area (TPSA) is 31.2 Å². The molecule has 1 aromatic carbocycles. The van der Waals surface area contributed by atoms with E-state index >= 15 is 0 Å². The monoisotopic (exact) mass is 321 g/mol. The first-order chi connectivity index (χ1) is 10.8. The number of ether oxygens (including phenoxy) is 1. The molecule has 24 heavy (non-hydrogen) atoms. The van der Waals surface area contributed by atoms with Gasteiger partial charge in [0.05, 0.1) is 5.52 Å². The summed E-state index contributed by atoms with van der Waals surface area (Å²) in [5, 5.41) is 1.11. The molecule has 0 N–H and O–H groups in total. The molecule has 2 aromatic rings. The zero-order chi connectivity index (χ0) is 17.3. The Morgan fingerprint density at radius 3 is 2.12 bits per heavy atom. The summed E-state index contributed by atoms with van der Waals surface area (Å²) >= 11 is 0. The fraction of sp³-hybridized carbons (Fsp3) is 0.526. The van der Waals surface area contributed by atoms with E-state index < -0.39 is 11.7 Å². The second kappa shape index (κ2) is 7.85. The number of fused-ring (bicyclic) bond motifs is 1. The molecular weight excluding hydrogens is 292 g/mol. The third kappa shape index (κ3) is 3.93. The number of benzene rings is 1. The van der Waals surface area contributed by atoms with Gasteiger partial charge in [-0.1, -0.05) is 45.0 Å². The molecule has 0 atom stereocenters. The molecular formula is C19H29BLiNO2. The molecule has 3 nitrogen and oxygen atoms in total. The Balaban J connectivity index is 0.00000288. The van der Waals surface area contributed by atoms with Gasteiger partial charge in [0, 0.05) is 6.15 Å². The quantitative estimate of drug-likeness (QED) is 0.808. The van der Waals surface area contributed by atoms with Gasteiger partial charge in [-0.25, -0.2) is 4.79 Å². The van der Waals surface area contributed by atoms with Crippen LogP contribution < -0.4 is 24.5 Å². The summed E-state index contributed by atoms with van der Waals surface area (Å²) in [7, 11) is 0. The van der Waals surface area contributed by atoms with Gasteiger partial charge in [-0.3, -0.25) is 4.57 Å². The van der Waals surface area contributed by atoms with E-state index in [-0.39, 0.29) is 25.0 Å². The molecule has 0 fully saturated rings. The van der Waals surface area contributed by atoms with E-state index in [1.165, 1.54) is 0 Å². The molecule has 0 aliphatic heterocycles. The molecule has 1 heterocycles. The zero-order valence-electron chi connectivity index (χ0n) is 16.3. The number of carbonyl (C=O) groups excluding carboxylic acids is 1. The normalized spacial score (nSPS) is 12.1. The maximum atomic E-state index is 12.9. The second-order valence-electron chi connectivity index (χ2n) is 7.65. The van der Waals surface area contributed by atoms with Crippen molar-refractivity contribution in [3.8, 4) is 0 Å². The Hall–Kier alpha value is -1.11. The average molecular weight is 321 g/mol. The van der Waals surface area contributed by atoms with Crippen LogP contribution in [-0.2, 0) is 4.74 Å². The van der Waals surface area contributed by atoms with Gasteiger partial charge in [-0.05, 0) is 32.2 Å². The van der Waals surface area contributed by atoms with Crippen molar-refractivity contribution in [2.75, 3.05) is 0 Å². The van der Waals surface area contributed by atoms with Gasteiger partial charge in [0.2, 0.25) is 0 Å². The number of carbonyl (C=O) groups is 1. The predicted molar refractivity (Wildman–Crippen MR) is 100 cm³/mol. The zero-order valence-corrected chi connectivity index (χ0v) is 16.3. The van der Waals surface area contributed by atoms with E-state index in [1.807, 2.05) is 43.5 Å². The Kier molecular flexibility index (Phi) is 6.85. The molecule has 126 valence electrons. The molecule has 0 radical (unpaired) electrons. The largest absolute Gasteiger partial charge is 1.00 e. The maximum absolute atomic E-state index is 12.9. The number of nitrogens with zero attached hydrogens (tertiary/aromatic N) is 1. The van der Waals surface area contributed by atoms with Crippen LogP contribution in [-0.4, -0.2) is 22.4 Å². The number of aromatic nitrogens is 1. The first-order valence-corrected chi connectivity index (χ1v) is 8.82. The molecule has 5 heteroatoms. The smallest absolute Gasteiger partial charge is 0.443 e. The molecule has 0 aliphatic carbocycles. The van der Waals surface area contributed by atoms with Crippen LogP contribution >= 0.6 is 0 Å². The van der Waals surface area contributed by atoms with E-state index in [1.54, 1.807) is 0 Å². The van der Waals surface area contributed by atoms with Crippen molar-refractivity contribution >= 4 is 28.7 Å². The van der Waals surface area contributed by atoms with Crippen molar-refractivity contribution in [1.29, 1.82) is 0 Å². The average Bonchev–Trinajstić information content (AvgIpc) is 2.88. The van der Waals surface area contributed by atoms with Gasteiger partial charge in [0.15, 0.2) is 0 Å². The molecule has 1 aromatic heterocycles. The standard InChI is InChI=1S/C19H29BNO2.Li/c1-7-20(8-2,9-3)17-14-15-12-10-11-13-16(15)21(17)18(22)23-19(4,5)6;/h10-14H,7-9H2,1-6H3;/q-1;+1. The summed E-state index contributed by atoms with van der Waals surface area (Å²) in [6, 6.07) is 10.3. The molecule has 2 rings (SSSR count). The summed E-state index contributed by atoms with van der Waals surface area (Å²) < 4.78 is 7.51. The summed E-state index contributed by atoms with van der Waals surface area (Å²) in [5.41, 5.74) is 1.58. The van der Waals surface area contributed by atoms with Crippen molar-refractivity contribution in [2.45, 2.75) is 66.1 Å². The van der Waals surface area contributed by atoms with E-state index in [4.69, 9.17) is 4.74 Å². The first kappa shape index (κ1) is 20.9. The Morgan fingerprint density at radius 1 is 1.08 bits per heavy atom. The van der Waals surface area contributed by atoms with Gasteiger partial charge in [-0.2, -0.15) is 19.0 Å². The van der Waals surface area contributed by atoms with E-state index in [0.717, 1.165) is 35.5 Å². The van der Waals surface area contributed by atoms with Crippen molar-refractivity contribution < 1.29 is 28.4 Å². The summed E-state index contributed by atoms with van der Waals surface area (Å²) in [6.07, 6.45) is 2.15. The van der Waals surface area contributed by atoms with Crippen molar-refractivity contribution in [2.24, 2.45) is 0 Å². The van der Waals surface area contributed by atoms with Crippen LogP contribution in [0.2, 0.25) is 19.0 Å². The number of hydrogen-bond acceptors (Lipinski definition) is 2. The summed E-state index contributed by atoms with van der Waals surface area (Å²) in [6.45, 7) is 12.4. The maximum Gasteiger partial charge on any atom is 1.00 e. The first-order valence-electron chi connectivity index (χ1n) is 8.82. The Bertz CT molecular complexity index is 691. The number of para-hydroxylation sites is 1. The minimum Gasteiger partial charge on any atom is -0.443 e. The molecule has 0 saturated heterocycles. The van der Waals surface area contributed by atoms with Crippen molar-refractivity contribution in [1.82, 2.24) is 4.57 Å². The molecule has 0 bridgehead atoms. The number of hydrogen-bond donors (Lipinski definition) is 0. The van der Waals surface area contributed by atoms with E-state index in [9.17, 15) is 4.79 Å². The molecule has 0 saturated carbocycles. The van der Waals surface area contributed by atoms with E-state index in [0.29, 0.717) is 0 Å². The van der Waals surface area contributed by atoms with Gasteiger partial charge in [-0.15, -0.1) is 5.59 Å². The van der Waals surface area contributed by atoms with Crippen LogP contribution in [0, 0.1) is 0 Å². The van der Waals surface area contributed by atoms with Crippen LogP contribution in [0.5, 0.6) is 0 Å². The second-order valence-corrected chi connectivity index (χ2v) is 7.65. The molecule has 0 unspecified atom stereocenters. The molecule has 0 amide bonds. The summed E-state index contributed by atoms with van der Waals surface area (Å²) in [5.74, 6) is 0. The van der Waals surface area contributed by atoms with Gasteiger partial charge < -0.3 is 4.74 Å². The summed E-state index contributed by atoms with van der Waals surface area (Å²) in [4.78, 5) is 12.9. The minimum atomic E-state index is -0.766. The molecule has 0 aliphatic rings. The van der Waals surface area contributed by atoms with Crippen LogP contribution in [0.3, 0.4) is 0 Å². The van der Waals surface area contributed by atoms with Crippen molar-refractivity contribution in [3.63, 3.8) is 0 Å². The Morgan fingerprint density at radius 2 is 1.62 bits per heavy atom. The number of rotatable bonds is 4. The fourth-order valence-electron chi connectivity index (χ4n) is 3.63. The van der Waals surface area contributed by atoms with Crippen LogP contribution in [0.1, 0.15) is 41.5 Å². The third-order valence-electron chi connectivity index (χ3n) is 5.29. The fourth-order valence-corrected chi connectivity index (χ4v) is 3.63. The predicted octanol–water partition coefficient (Wildman–Crippen LogP) is 2.14. The van der Waals surface area contributed by atoms with Gasteiger partial charge in [0.1, 0.15) is 5.60 Å². The Labute approximate surface area is 158 Å². The van der Waals surface area contributed by atoms with Crippen LogP contribution in [0.4, 0.5) is 4.79 Å². The molecule has 0 spiro atoms. The minimum absolute atomic E-state index is 0. The van der Waals surface area contributed by atoms with E-state index in [2.05, 4.69) is 32.9 Å². The van der Waals surface area contributed by atoms with Crippen LogP contribution in [0.25, 0.3) is 10.9 Å². The van der Waals surface area contributed by atoms with Crippen LogP contribution in [0.15, 0.2) is 30.3 Å². The SMILES string of the molecule is CC[B-](CC)(CC)c1cc2ccccc2n1C(=O)OC(C)(C)C.[Li+]. The van der Waals surface area contributed by atoms with Crippen molar-refractivity contribution in [3.05, 3.63) is 30.3 Å². The van der Waals surface area contributed by atoms with Gasteiger partial charge >= 0.3 is 25.0 Å². The third-order valence-corrected chi connectivity index (χ3v) is 5.29.